The maximum absolute atomic E-state index is 6.76. The van der Waals surface area contributed by atoms with E-state index >= 15 is 0 Å². The van der Waals surface area contributed by atoms with E-state index in [0.717, 1.165) is 6.42 Å². The lowest BCUT2D eigenvalue weighted by atomic mass is 9.75. The highest BCUT2D eigenvalue weighted by molar-refractivity contribution is 6.65. The Hall–Kier alpha value is 1.22. The van der Waals surface area contributed by atoms with E-state index in [1.54, 1.807) is 0 Å². The van der Waals surface area contributed by atoms with Crippen LogP contribution in [0.2, 0.25) is 0 Å². The summed E-state index contributed by atoms with van der Waals surface area (Å²) in [4.78, 5) is -2.13. The summed E-state index contributed by atoms with van der Waals surface area (Å²) < 4.78 is -1.37. The van der Waals surface area contributed by atoms with Gasteiger partial charge in [0.25, 0.3) is 0 Å². The van der Waals surface area contributed by atoms with Crippen molar-refractivity contribution in [2.45, 2.75) is 20.5 Å². The molecule has 0 nitrogen and oxygen atoms in total. The van der Waals surface area contributed by atoms with Crippen molar-refractivity contribution in [1.29, 1.82) is 0 Å². The zero-order chi connectivity index (χ0) is 13.1. The number of hydrogen-bond acceptors (Lipinski definition) is 0. The van der Waals surface area contributed by atoms with Crippen LogP contribution in [0.4, 0.5) is 0 Å². The molecule has 0 saturated heterocycles. The number of halogens is 6. The lowest BCUT2D eigenvalue weighted by Crippen LogP contribution is -2.46. The SMILES string of the molecule is ClC1=C(Cl)[C@@]2(Cl)[C@H]3[C@@H]([C@@H]4C=C[C@@H]3C4)[C@@]1(Cl)C2(Cl)Cl. The van der Waals surface area contributed by atoms with E-state index in [-0.39, 0.29) is 11.8 Å². The summed E-state index contributed by atoms with van der Waals surface area (Å²) in [5, 5.41) is 0.654. The number of allylic oxidation sites excluding steroid dienone is 4. The fourth-order valence-electron chi connectivity index (χ4n) is 4.48. The lowest BCUT2D eigenvalue weighted by molar-refractivity contribution is 0.305. The van der Waals surface area contributed by atoms with Crippen LogP contribution in [0, 0.1) is 23.7 Å². The summed E-state index contributed by atoms with van der Waals surface area (Å²) in [5.41, 5.74) is 0. The Morgan fingerprint density at radius 3 is 1.61 bits per heavy atom. The number of hydrogen-bond donors (Lipinski definition) is 0. The third kappa shape index (κ3) is 0.973. The molecular weight excluding hydrogens is 357 g/mol. The Morgan fingerprint density at radius 2 is 1.22 bits per heavy atom. The molecule has 6 atom stereocenters. The van der Waals surface area contributed by atoms with Gasteiger partial charge in [0.1, 0.15) is 9.75 Å². The Morgan fingerprint density at radius 1 is 0.833 bits per heavy atom. The third-order valence-corrected chi connectivity index (χ3v) is 9.42. The third-order valence-electron chi connectivity index (χ3n) is 5.12. The van der Waals surface area contributed by atoms with Crippen LogP contribution in [0.25, 0.3) is 0 Å². The summed E-state index contributed by atoms with van der Waals surface area (Å²) in [6.45, 7) is 0. The van der Waals surface area contributed by atoms with Crippen molar-refractivity contribution in [3.8, 4) is 0 Å². The average Bonchev–Trinajstić information content (AvgIpc) is 2.97. The van der Waals surface area contributed by atoms with Gasteiger partial charge in [-0.1, -0.05) is 58.6 Å². The van der Waals surface area contributed by atoms with Gasteiger partial charge in [0.05, 0.1) is 10.1 Å². The summed E-state index contributed by atoms with van der Waals surface area (Å²) >= 11 is 39.2. The highest BCUT2D eigenvalue weighted by atomic mass is 35.5. The first kappa shape index (κ1) is 12.9. The zero-order valence-electron chi connectivity index (χ0n) is 8.94. The maximum Gasteiger partial charge on any atom is 0.166 e. The van der Waals surface area contributed by atoms with Gasteiger partial charge in [-0.05, 0) is 30.1 Å². The molecule has 0 aromatic rings. The van der Waals surface area contributed by atoms with Gasteiger partial charge >= 0.3 is 0 Å². The van der Waals surface area contributed by atoms with E-state index in [4.69, 9.17) is 69.6 Å². The molecule has 2 fully saturated rings. The van der Waals surface area contributed by atoms with Crippen molar-refractivity contribution in [1.82, 2.24) is 0 Å². The van der Waals surface area contributed by atoms with E-state index in [9.17, 15) is 0 Å². The van der Waals surface area contributed by atoms with E-state index in [1.165, 1.54) is 0 Å². The molecule has 0 unspecified atom stereocenters. The van der Waals surface area contributed by atoms with E-state index in [2.05, 4.69) is 12.2 Å². The van der Waals surface area contributed by atoms with Gasteiger partial charge < -0.3 is 0 Å². The molecule has 18 heavy (non-hydrogen) atoms. The van der Waals surface area contributed by atoms with Crippen molar-refractivity contribution < 1.29 is 0 Å². The number of fused-ring (bicyclic) bond motifs is 9. The molecule has 0 heterocycles. The first-order valence-electron chi connectivity index (χ1n) is 5.78. The smallest absolute Gasteiger partial charge is 0.109 e. The van der Waals surface area contributed by atoms with E-state index in [0.29, 0.717) is 21.9 Å². The van der Waals surface area contributed by atoms with Crippen LogP contribution >= 0.6 is 69.6 Å². The monoisotopic (exact) mass is 362 g/mol. The molecular formula is C12H8Cl6. The van der Waals surface area contributed by atoms with Gasteiger partial charge in [-0.15, -0.1) is 23.2 Å². The highest BCUT2D eigenvalue weighted by Crippen LogP contribution is 2.81. The van der Waals surface area contributed by atoms with Crippen molar-refractivity contribution in [2.24, 2.45) is 23.7 Å². The van der Waals surface area contributed by atoms with Crippen LogP contribution in [0.3, 0.4) is 0 Å². The molecule has 4 rings (SSSR count). The summed E-state index contributed by atoms with van der Waals surface area (Å²) in [5.74, 6) is 0.815. The van der Waals surface area contributed by atoms with Crippen molar-refractivity contribution in [3.05, 3.63) is 22.2 Å². The predicted octanol–water partition coefficient (Wildman–Crippen LogP) is 5.27. The maximum atomic E-state index is 6.76. The van der Waals surface area contributed by atoms with Gasteiger partial charge in [0.2, 0.25) is 0 Å². The predicted molar refractivity (Wildman–Crippen MR) is 78.1 cm³/mol. The summed E-state index contributed by atoms with van der Waals surface area (Å²) in [7, 11) is 0. The van der Waals surface area contributed by atoms with Crippen molar-refractivity contribution in [2.75, 3.05) is 0 Å². The Labute approximate surface area is 135 Å². The molecule has 0 aromatic heterocycles. The molecule has 0 radical (unpaired) electrons. The fraction of sp³-hybridized carbons (Fsp3) is 0.667. The van der Waals surface area contributed by atoms with Crippen LogP contribution in [0.1, 0.15) is 6.42 Å². The molecule has 0 amide bonds. The van der Waals surface area contributed by atoms with Crippen LogP contribution in [-0.4, -0.2) is 14.1 Å². The number of rotatable bonds is 0. The number of alkyl halides is 4. The molecule has 4 aliphatic carbocycles. The molecule has 2 saturated carbocycles. The van der Waals surface area contributed by atoms with Gasteiger partial charge in [-0.25, -0.2) is 0 Å². The van der Waals surface area contributed by atoms with Crippen LogP contribution in [0.5, 0.6) is 0 Å². The molecule has 6 heteroatoms. The largest absolute Gasteiger partial charge is 0.166 e. The second kappa shape index (κ2) is 3.34. The summed E-state index contributed by atoms with van der Waals surface area (Å²) in [6.07, 6.45) is 5.40. The minimum atomic E-state index is -1.37. The van der Waals surface area contributed by atoms with Gasteiger partial charge in [0.15, 0.2) is 4.33 Å². The van der Waals surface area contributed by atoms with Gasteiger partial charge in [-0.2, -0.15) is 0 Å². The van der Waals surface area contributed by atoms with Crippen LogP contribution in [-0.2, 0) is 0 Å². The Kier molecular flexibility index (Phi) is 2.40. The Balaban J connectivity index is 2.03. The standard InChI is InChI=1S/C12H8Cl6/c13-8-9(14)11(16)7-5-2-1-4(3-5)6(7)10(8,15)12(11,17)18/h1-2,4-7H,3H2/t4-,5-,6-,7-,10+,11+/m1/s1. The molecule has 98 valence electrons. The molecule has 0 aliphatic heterocycles. The first-order chi connectivity index (χ1) is 8.28. The lowest BCUT2D eigenvalue weighted by Gasteiger charge is -2.37. The van der Waals surface area contributed by atoms with Crippen LogP contribution in [0.15, 0.2) is 22.2 Å². The minimum Gasteiger partial charge on any atom is -0.109 e. The Bertz CT molecular complexity index is 481. The van der Waals surface area contributed by atoms with Gasteiger partial charge in [0, 0.05) is 0 Å². The van der Waals surface area contributed by atoms with Crippen molar-refractivity contribution >= 4 is 69.6 Å². The molecule has 0 aromatic carbocycles. The molecule has 0 N–H and O–H groups in total. The fourth-order valence-corrected chi connectivity index (χ4v) is 7.61. The normalized spacial score (nSPS) is 58.8. The van der Waals surface area contributed by atoms with E-state index in [1.807, 2.05) is 0 Å². The van der Waals surface area contributed by atoms with Crippen molar-refractivity contribution in [3.63, 3.8) is 0 Å². The molecule has 0 spiro atoms. The van der Waals surface area contributed by atoms with Crippen LogP contribution < -0.4 is 0 Å². The second-order valence-electron chi connectivity index (χ2n) is 5.63. The van der Waals surface area contributed by atoms with E-state index < -0.39 is 14.1 Å². The molecule has 4 aliphatic rings. The average molecular weight is 365 g/mol. The second-order valence-corrected chi connectivity index (χ2v) is 8.90. The van der Waals surface area contributed by atoms with Gasteiger partial charge in [-0.3, -0.25) is 0 Å². The topological polar surface area (TPSA) is 0 Å². The highest BCUT2D eigenvalue weighted by Gasteiger charge is 2.85. The quantitative estimate of drug-likeness (QED) is 0.312. The minimum absolute atomic E-state index is 0.0664. The first-order valence-corrected chi connectivity index (χ1v) is 8.05. The molecule has 4 bridgehead atoms. The summed E-state index contributed by atoms with van der Waals surface area (Å²) in [6, 6.07) is 0. The zero-order valence-corrected chi connectivity index (χ0v) is 13.5.